The first-order valence-electron chi connectivity index (χ1n) is 5.73. The highest BCUT2D eigenvalue weighted by Crippen LogP contribution is 2.32. The van der Waals surface area contributed by atoms with E-state index in [1.54, 1.807) is 6.20 Å². The number of nitrogens with zero attached hydrogens (tertiary/aromatic N) is 3. The maximum Gasteiger partial charge on any atom is 0.159 e. The van der Waals surface area contributed by atoms with E-state index >= 15 is 0 Å². The van der Waals surface area contributed by atoms with Crippen molar-refractivity contribution in [2.75, 3.05) is 0 Å². The minimum absolute atomic E-state index is 0.0187. The maximum atomic E-state index is 6.25. The minimum atomic E-state index is -0.0187. The Labute approximate surface area is 94.5 Å². The third-order valence-corrected chi connectivity index (χ3v) is 3.58. The molecule has 84 valence electrons. The van der Waals surface area contributed by atoms with E-state index in [0.717, 1.165) is 36.3 Å². The summed E-state index contributed by atoms with van der Waals surface area (Å²) < 4.78 is 2.06. The van der Waals surface area contributed by atoms with E-state index in [1.165, 1.54) is 6.42 Å². The van der Waals surface area contributed by atoms with Crippen molar-refractivity contribution in [3.63, 3.8) is 0 Å². The molecule has 2 aromatic heterocycles. The number of fused-ring (bicyclic) bond motifs is 1. The second kappa shape index (κ2) is 3.28. The predicted molar refractivity (Wildman–Crippen MR) is 63.0 cm³/mol. The van der Waals surface area contributed by atoms with Crippen LogP contribution in [0.4, 0.5) is 0 Å². The van der Waals surface area contributed by atoms with Crippen LogP contribution in [0.1, 0.15) is 25.1 Å². The van der Waals surface area contributed by atoms with Gasteiger partial charge in [-0.15, -0.1) is 0 Å². The summed E-state index contributed by atoms with van der Waals surface area (Å²) in [5.74, 6) is 1.05. The summed E-state index contributed by atoms with van der Waals surface area (Å²) in [5, 5.41) is 0. The Kier molecular flexibility index (Phi) is 2.01. The number of rotatable bonds is 2. The molecule has 1 fully saturated rings. The van der Waals surface area contributed by atoms with E-state index in [2.05, 4.69) is 14.5 Å². The average molecular weight is 216 g/mol. The lowest BCUT2D eigenvalue weighted by Gasteiger charge is -2.37. The van der Waals surface area contributed by atoms with Gasteiger partial charge in [-0.25, -0.2) is 9.97 Å². The highest BCUT2D eigenvalue weighted by molar-refractivity contribution is 5.70. The molecule has 16 heavy (non-hydrogen) atoms. The molecule has 2 heterocycles. The summed E-state index contributed by atoms with van der Waals surface area (Å²) >= 11 is 0. The van der Waals surface area contributed by atoms with Gasteiger partial charge in [0.1, 0.15) is 11.3 Å². The molecule has 0 bridgehead atoms. The topological polar surface area (TPSA) is 56.7 Å². The average Bonchev–Trinajstić information content (AvgIpc) is 2.55. The Hall–Kier alpha value is -1.42. The summed E-state index contributed by atoms with van der Waals surface area (Å²) in [5.41, 5.74) is 8.14. The van der Waals surface area contributed by atoms with Gasteiger partial charge in [0, 0.05) is 25.2 Å². The lowest BCUT2D eigenvalue weighted by Crippen LogP contribution is -2.48. The number of aryl methyl sites for hydroxylation is 1. The van der Waals surface area contributed by atoms with Gasteiger partial charge < -0.3 is 10.3 Å². The van der Waals surface area contributed by atoms with E-state index in [4.69, 9.17) is 5.73 Å². The summed E-state index contributed by atoms with van der Waals surface area (Å²) in [6.07, 6.45) is 6.14. The van der Waals surface area contributed by atoms with E-state index in [-0.39, 0.29) is 5.54 Å². The monoisotopic (exact) mass is 216 g/mol. The van der Waals surface area contributed by atoms with Gasteiger partial charge in [-0.3, -0.25) is 0 Å². The first-order chi connectivity index (χ1) is 7.68. The summed E-state index contributed by atoms with van der Waals surface area (Å²) in [7, 11) is 2.01. The smallest absolute Gasteiger partial charge is 0.159 e. The molecule has 1 saturated carbocycles. The van der Waals surface area contributed by atoms with Crippen molar-refractivity contribution >= 4 is 11.2 Å². The number of hydrogen-bond acceptors (Lipinski definition) is 3. The van der Waals surface area contributed by atoms with Crippen LogP contribution in [-0.4, -0.2) is 20.1 Å². The largest absolute Gasteiger partial charge is 0.325 e. The standard InChI is InChI=1S/C12H16N4/c1-16-10(8-12(13)5-3-6-12)15-9-4-2-7-14-11(9)16/h2,4,7H,3,5-6,8,13H2,1H3. The van der Waals surface area contributed by atoms with Crippen LogP contribution < -0.4 is 5.73 Å². The zero-order chi connectivity index (χ0) is 11.2. The van der Waals surface area contributed by atoms with Crippen LogP contribution in [0.5, 0.6) is 0 Å². The number of aromatic nitrogens is 3. The molecule has 0 atom stereocenters. The molecule has 2 aromatic rings. The fraction of sp³-hybridized carbons (Fsp3) is 0.500. The van der Waals surface area contributed by atoms with Gasteiger partial charge in [0.2, 0.25) is 0 Å². The van der Waals surface area contributed by atoms with Gasteiger partial charge in [-0.1, -0.05) is 0 Å². The van der Waals surface area contributed by atoms with Crippen LogP contribution >= 0.6 is 0 Å². The molecule has 0 spiro atoms. The van der Waals surface area contributed by atoms with Crippen molar-refractivity contribution in [2.24, 2.45) is 12.8 Å². The molecule has 1 aliphatic rings. The molecule has 0 unspecified atom stereocenters. The highest BCUT2D eigenvalue weighted by Gasteiger charge is 2.34. The zero-order valence-electron chi connectivity index (χ0n) is 9.48. The Balaban J connectivity index is 2.00. The number of nitrogens with two attached hydrogens (primary N) is 1. The molecule has 0 saturated heterocycles. The molecule has 0 amide bonds. The van der Waals surface area contributed by atoms with Crippen LogP contribution in [0, 0.1) is 0 Å². The summed E-state index contributed by atoms with van der Waals surface area (Å²) in [6, 6.07) is 3.91. The second-order valence-corrected chi connectivity index (χ2v) is 4.83. The fourth-order valence-corrected chi connectivity index (χ4v) is 2.35. The number of hydrogen-bond donors (Lipinski definition) is 1. The van der Waals surface area contributed by atoms with E-state index in [9.17, 15) is 0 Å². The van der Waals surface area contributed by atoms with Gasteiger partial charge in [-0.05, 0) is 31.4 Å². The van der Waals surface area contributed by atoms with Crippen molar-refractivity contribution in [3.8, 4) is 0 Å². The van der Waals surface area contributed by atoms with E-state index in [1.807, 2.05) is 19.2 Å². The third kappa shape index (κ3) is 1.41. The molecule has 4 heteroatoms. The van der Waals surface area contributed by atoms with Crippen LogP contribution in [0.15, 0.2) is 18.3 Å². The SMILES string of the molecule is Cn1c(CC2(N)CCC2)nc2cccnc21. The Bertz CT molecular complexity index is 525. The van der Waals surface area contributed by atoms with Crippen molar-refractivity contribution in [3.05, 3.63) is 24.2 Å². The second-order valence-electron chi connectivity index (χ2n) is 4.83. The minimum Gasteiger partial charge on any atom is -0.325 e. The lowest BCUT2D eigenvalue weighted by atomic mass is 9.75. The van der Waals surface area contributed by atoms with E-state index < -0.39 is 0 Å². The first kappa shape index (κ1) is 9.78. The normalized spacial score (nSPS) is 18.6. The molecule has 0 aliphatic heterocycles. The van der Waals surface area contributed by atoms with Crippen molar-refractivity contribution in [1.29, 1.82) is 0 Å². The Morgan fingerprint density at radius 3 is 2.94 bits per heavy atom. The molecule has 0 radical (unpaired) electrons. The molecule has 2 N–H and O–H groups in total. The molecule has 0 aromatic carbocycles. The number of pyridine rings is 1. The van der Waals surface area contributed by atoms with Crippen LogP contribution in [0.3, 0.4) is 0 Å². The summed E-state index contributed by atoms with van der Waals surface area (Å²) in [4.78, 5) is 8.93. The van der Waals surface area contributed by atoms with Crippen molar-refractivity contribution in [2.45, 2.75) is 31.2 Å². The fourth-order valence-electron chi connectivity index (χ4n) is 2.35. The van der Waals surface area contributed by atoms with Crippen LogP contribution in [-0.2, 0) is 13.5 Å². The molecular formula is C12H16N4. The van der Waals surface area contributed by atoms with Gasteiger partial charge in [0.25, 0.3) is 0 Å². The highest BCUT2D eigenvalue weighted by atomic mass is 15.1. The Morgan fingerprint density at radius 1 is 1.50 bits per heavy atom. The maximum absolute atomic E-state index is 6.25. The van der Waals surface area contributed by atoms with Gasteiger partial charge in [-0.2, -0.15) is 0 Å². The predicted octanol–water partition coefficient (Wildman–Crippen LogP) is 1.39. The molecule has 3 rings (SSSR count). The quantitative estimate of drug-likeness (QED) is 0.825. The molecule has 1 aliphatic carbocycles. The zero-order valence-corrected chi connectivity index (χ0v) is 9.48. The Morgan fingerprint density at radius 2 is 2.31 bits per heavy atom. The third-order valence-electron chi connectivity index (χ3n) is 3.58. The molecule has 4 nitrogen and oxygen atoms in total. The molecular weight excluding hydrogens is 200 g/mol. The van der Waals surface area contributed by atoms with Crippen LogP contribution in [0.2, 0.25) is 0 Å². The lowest BCUT2D eigenvalue weighted by molar-refractivity contribution is 0.242. The summed E-state index contributed by atoms with van der Waals surface area (Å²) in [6.45, 7) is 0. The van der Waals surface area contributed by atoms with Crippen LogP contribution in [0.25, 0.3) is 11.2 Å². The van der Waals surface area contributed by atoms with Gasteiger partial charge in [0.15, 0.2) is 5.65 Å². The number of imidazole rings is 1. The van der Waals surface area contributed by atoms with Crippen molar-refractivity contribution in [1.82, 2.24) is 14.5 Å². The van der Waals surface area contributed by atoms with Crippen molar-refractivity contribution < 1.29 is 0 Å². The first-order valence-corrected chi connectivity index (χ1v) is 5.73. The van der Waals surface area contributed by atoms with E-state index in [0.29, 0.717) is 0 Å². The van der Waals surface area contributed by atoms with Gasteiger partial charge in [0.05, 0.1) is 0 Å². The van der Waals surface area contributed by atoms with Gasteiger partial charge >= 0.3 is 0 Å².